The molecule has 5 heteroatoms. The van der Waals surface area contributed by atoms with Crippen molar-refractivity contribution in [3.8, 4) is 5.75 Å². The van der Waals surface area contributed by atoms with Crippen LogP contribution in [-0.2, 0) is 20.5 Å². The van der Waals surface area contributed by atoms with Crippen LogP contribution in [0, 0.1) is 0 Å². The first-order chi connectivity index (χ1) is 13.2. The summed E-state index contributed by atoms with van der Waals surface area (Å²) >= 11 is 0. The van der Waals surface area contributed by atoms with Crippen molar-refractivity contribution in [2.75, 3.05) is 13.2 Å². The monoisotopic (exact) mass is 388 g/mol. The largest absolute Gasteiger partial charge is 0.508 e. The van der Waals surface area contributed by atoms with E-state index in [1.165, 1.54) is 0 Å². The molecule has 0 amide bonds. The molecule has 2 aromatic carbocycles. The number of ether oxygens (including phenoxy) is 2. The van der Waals surface area contributed by atoms with Crippen molar-refractivity contribution in [3.05, 3.63) is 65.2 Å². The number of aliphatic hydroxyl groups is 2. The number of phenols is 1. The van der Waals surface area contributed by atoms with Crippen LogP contribution in [-0.4, -0.2) is 40.9 Å². The van der Waals surface area contributed by atoms with Gasteiger partial charge < -0.3 is 24.8 Å². The zero-order valence-corrected chi connectivity index (χ0v) is 17.3. The Bertz CT molecular complexity index is 747. The number of aliphatic hydroxyl groups excluding tert-OH is 1. The topological polar surface area (TPSA) is 79.2 Å². The zero-order chi connectivity index (χ0) is 20.9. The van der Waals surface area contributed by atoms with E-state index in [4.69, 9.17) is 9.47 Å². The lowest BCUT2D eigenvalue weighted by Gasteiger charge is -2.38. The van der Waals surface area contributed by atoms with Gasteiger partial charge in [0.1, 0.15) is 17.5 Å². The van der Waals surface area contributed by atoms with E-state index in [0.717, 1.165) is 5.56 Å². The molecule has 0 saturated carbocycles. The summed E-state index contributed by atoms with van der Waals surface area (Å²) in [7, 11) is 0. The average molecular weight is 389 g/mol. The molecule has 0 saturated heterocycles. The van der Waals surface area contributed by atoms with Gasteiger partial charge in [-0.2, -0.15) is 0 Å². The lowest BCUT2D eigenvalue weighted by Crippen LogP contribution is -2.49. The Morgan fingerprint density at radius 3 is 1.93 bits per heavy atom. The van der Waals surface area contributed by atoms with Gasteiger partial charge >= 0.3 is 0 Å². The average Bonchev–Trinajstić information content (AvgIpc) is 2.66. The van der Waals surface area contributed by atoms with Crippen LogP contribution in [0.15, 0.2) is 48.5 Å². The third-order valence-electron chi connectivity index (χ3n) is 4.84. The first kappa shape index (κ1) is 22.4. The summed E-state index contributed by atoms with van der Waals surface area (Å²) in [6.45, 7) is 10.3. The lowest BCUT2D eigenvalue weighted by molar-refractivity contribution is -0.230. The van der Waals surface area contributed by atoms with Crippen molar-refractivity contribution in [1.82, 2.24) is 0 Å². The molecule has 2 aromatic rings. The summed E-state index contributed by atoms with van der Waals surface area (Å²) in [5.74, 6) is -0.0930. The Morgan fingerprint density at radius 2 is 1.46 bits per heavy atom. The van der Waals surface area contributed by atoms with Gasteiger partial charge in [0.05, 0.1) is 0 Å². The molecule has 2 rings (SSSR count). The minimum atomic E-state index is -1.92. The molecular weight excluding hydrogens is 356 g/mol. The minimum Gasteiger partial charge on any atom is -0.508 e. The predicted octanol–water partition coefficient (Wildman–Crippen LogP) is 3.69. The van der Waals surface area contributed by atoms with Crippen molar-refractivity contribution in [2.45, 2.75) is 58.0 Å². The maximum Gasteiger partial charge on any atom is 0.186 e. The molecule has 0 heterocycles. The van der Waals surface area contributed by atoms with Gasteiger partial charge in [-0.05, 0) is 36.5 Å². The molecule has 0 aliphatic rings. The molecule has 0 radical (unpaired) electrons. The highest BCUT2D eigenvalue weighted by atomic mass is 16.7. The molecule has 0 spiro atoms. The number of benzene rings is 2. The van der Waals surface area contributed by atoms with Crippen LogP contribution in [0.25, 0.3) is 0 Å². The van der Waals surface area contributed by atoms with Crippen LogP contribution in [0.2, 0.25) is 0 Å². The molecule has 0 bridgehead atoms. The lowest BCUT2D eigenvalue weighted by atomic mass is 9.78. The molecule has 0 aliphatic carbocycles. The fraction of sp³-hybridized carbons (Fsp3) is 0.478. The molecule has 2 unspecified atom stereocenters. The third-order valence-corrected chi connectivity index (χ3v) is 4.84. The van der Waals surface area contributed by atoms with Gasteiger partial charge in [0, 0.05) is 18.8 Å². The van der Waals surface area contributed by atoms with E-state index in [1.54, 1.807) is 50.2 Å². The highest BCUT2D eigenvalue weighted by Crippen LogP contribution is 2.41. The van der Waals surface area contributed by atoms with E-state index in [2.05, 4.69) is 0 Å². The molecular formula is C23H32O5. The number of hydrogen-bond donors (Lipinski definition) is 3. The molecule has 3 N–H and O–H groups in total. The number of aromatic hydroxyl groups is 1. The first-order valence-corrected chi connectivity index (χ1v) is 9.69. The standard InChI is InChI=1S/C23H32O5/c1-6-27-21(28-7-2)20(25)23(26,16-11-9-8-10-12-16)18-14-13-17(15-19(18)24)22(3,4)5/h8-15,20-21,24-26H,6-7H2,1-5H3. The smallest absolute Gasteiger partial charge is 0.186 e. The van der Waals surface area contributed by atoms with E-state index >= 15 is 0 Å². The number of hydrogen-bond acceptors (Lipinski definition) is 5. The second kappa shape index (κ2) is 9.05. The number of rotatable bonds is 8. The van der Waals surface area contributed by atoms with Crippen LogP contribution in [0.1, 0.15) is 51.3 Å². The fourth-order valence-electron chi connectivity index (χ4n) is 3.25. The summed E-state index contributed by atoms with van der Waals surface area (Å²) in [6.07, 6.45) is -2.51. The van der Waals surface area contributed by atoms with Crippen molar-refractivity contribution in [2.24, 2.45) is 0 Å². The Labute approximate surface area is 167 Å². The first-order valence-electron chi connectivity index (χ1n) is 9.69. The van der Waals surface area contributed by atoms with Gasteiger partial charge in [0.15, 0.2) is 6.29 Å². The normalized spacial score (nSPS) is 15.4. The summed E-state index contributed by atoms with van der Waals surface area (Å²) in [6, 6.07) is 13.9. The van der Waals surface area contributed by atoms with Gasteiger partial charge in [-0.1, -0.05) is 63.2 Å². The molecule has 0 aromatic heterocycles. The maximum atomic E-state index is 11.8. The SMILES string of the molecule is CCOC(OCC)C(O)C(O)(c1ccccc1)c1ccc(C(C)(C)C)cc1O. The summed E-state index contributed by atoms with van der Waals surface area (Å²) in [5.41, 5.74) is -0.533. The third kappa shape index (κ3) is 4.55. The summed E-state index contributed by atoms with van der Waals surface area (Å²) < 4.78 is 11.1. The quantitative estimate of drug-likeness (QED) is 0.601. The summed E-state index contributed by atoms with van der Waals surface area (Å²) in [4.78, 5) is 0. The van der Waals surface area contributed by atoms with Crippen LogP contribution >= 0.6 is 0 Å². The van der Waals surface area contributed by atoms with Crippen LogP contribution in [0.5, 0.6) is 5.75 Å². The fourth-order valence-corrected chi connectivity index (χ4v) is 3.25. The van der Waals surface area contributed by atoms with Gasteiger partial charge in [0.25, 0.3) is 0 Å². The van der Waals surface area contributed by atoms with Gasteiger partial charge in [-0.3, -0.25) is 0 Å². The van der Waals surface area contributed by atoms with Crippen molar-refractivity contribution < 1.29 is 24.8 Å². The molecule has 0 aliphatic heterocycles. The minimum absolute atomic E-state index is 0.0930. The van der Waals surface area contributed by atoms with Crippen LogP contribution in [0.3, 0.4) is 0 Å². The van der Waals surface area contributed by atoms with E-state index in [9.17, 15) is 15.3 Å². The molecule has 5 nitrogen and oxygen atoms in total. The zero-order valence-electron chi connectivity index (χ0n) is 17.3. The predicted molar refractivity (Wildman–Crippen MR) is 109 cm³/mol. The Balaban J connectivity index is 2.63. The molecule has 0 fully saturated rings. The van der Waals surface area contributed by atoms with Crippen molar-refractivity contribution in [1.29, 1.82) is 0 Å². The molecule has 28 heavy (non-hydrogen) atoms. The van der Waals surface area contributed by atoms with Crippen LogP contribution < -0.4 is 0 Å². The Hall–Kier alpha value is -1.92. The second-order valence-electron chi connectivity index (χ2n) is 7.84. The Kier molecular flexibility index (Phi) is 7.23. The maximum absolute atomic E-state index is 11.8. The van der Waals surface area contributed by atoms with Gasteiger partial charge in [-0.15, -0.1) is 0 Å². The van der Waals surface area contributed by atoms with Gasteiger partial charge in [0.2, 0.25) is 0 Å². The van der Waals surface area contributed by atoms with Gasteiger partial charge in [-0.25, -0.2) is 0 Å². The molecule has 154 valence electrons. The summed E-state index contributed by atoms with van der Waals surface area (Å²) in [5, 5.41) is 33.7. The van der Waals surface area contributed by atoms with Crippen LogP contribution in [0.4, 0.5) is 0 Å². The van der Waals surface area contributed by atoms with E-state index < -0.39 is 18.0 Å². The van der Waals surface area contributed by atoms with Crippen molar-refractivity contribution >= 4 is 0 Å². The second-order valence-corrected chi connectivity index (χ2v) is 7.84. The Morgan fingerprint density at radius 1 is 0.893 bits per heavy atom. The number of phenolic OH excluding ortho intramolecular Hbond substituents is 1. The van der Waals surface area contributed by atoms with E-state index in [1.807, 2.05) is 32.9 Å². The van der Waals surface area contributed by atoms with Crippen molar-refractivity contribution in [3.63, 3.8) is 0 Å². The van der Waals surface area contributed by atoms with E-state index in [-0.39, 0.29) is 16.7 Å². The highest BCUT2D eigenvalue weighted by Gasteiger charge is 2.46. The van der Waals surface area contributed by atoms with E-state index in [0.29, 0.717) is 18.8 Å². The molecule has 2 atom stereocenters. The highest BCUT2D eigenvalue weighted by molar-refractivity contribution is 5.48.